The van der Waals surface area contributed by atoms with Crippen LogP contribution in [0.5, 0.6) is 0 Å². The lowest BCUT2D eigenvalue weighted by Gasteiger charge is -2.12. The van der Waals surface area contributed by atoms with E-state index >= 15 is 0 Å². The lowest BCUT2D eigenvalue weighted by molar-refractivity contribution is 0.0599. The van der Waals surface area contributed by atoms with Crippen LogP contribution in [-0.4, -0.2) is 37.2 Å². The molecule has 0 saturated heterocycles. The molecule has 1 amide bonds. The number of rotatable bonds is 4. The number of ether oxygens (including phenoxy) is 2. The number of methoxy groups -OCH3 is 2. The molecule has 0 spiro atoms. The number of amides is 1. The van der Waals surface area contributed by atoms with Crippen LogP contribution in [0.15, 0.2) is 42.5 Å². The molecule has 27 heavy (non-hydrogen) atoms. The van der Waals surface area contributed by atoms with Crippen LogP contribution < -0.4 is 10.6 Å². The summed E-state index contributed by atoms with van der Waals surface area (Å²) in [7, 11) is 2.44. The SMILES string of the molecule is COC(=O)c1cc(NC(=S)NC(=O)c2cccc(Cl)c2)cc(C(=O)OC)c1. The first kappa shape index (κ1) is 20.3. The first-order valence-corrected chi connectivity index (χ1v) is 8.32. The van der Waals surface area contributed by atoms with Crippen molar-refractivity contribution in [3.63, 3.8) is 0 Å². The van der Waals surface area contributed by atoms with Crippen molar-refractivity contribution in [1.29, 1.82) is 0 Å². The molecule has 0 heterocycles. The van der Waals surface area contributed by atoms with Gasteiger partial charge < -0.3 is 14.8 Å². The first-order chi connectivity index (χ1) is 12.8. The molecule has 9 heteroatoms. The summed E-state index contributed by atoms with van der Waals surface area (Å²) in [5, 5.41) is 5.62. The molecule has 0 bridgehead atoms. The minimum absolute atomic E-state index is 0.0298. The largest absolute Gasteiger partial charge is 0.465 e. The number of thiocarbonyl (C=S) groups is 1. The normalized spacial score (nSPS) is 9.89. The molecule has 140 valence electrons. The Labute approximate surface area is 165 Å². The second-order valence-corrected chi connectivity index (χ2v) is 6.05. The van der Waals surface area contributed by atoms with Crippen molar-refractivity contribution in [3.8, 4) is 0 Å². The summed E-state index contributed by atoms with van der Waals surface area (Å²) in [4.78, 5) is 35.8. The van der Waals surface area contributed by atoms with Gasteiger partial charge in [0.05, 0.1) is 25.3 Å². The van der Waals surface area contributed by atoms with E-state index in [1.54, 1.807) is 18.2 Å². The predicted molar refractivity (Wildman–Crippen MR) is 104 cm³/mol. The number of carbonyl (C=O) groups excluding carboxylic acids is 3. The second kappa shape index (κ2) is 9.11. The first-order valence-electron chi connectivity index (χ1n) is 7.53. The van der Waals surface area contributed by atoms with E-state index in [4.69, 9.17) is 23.8 Å². The van der Waals surface area contributed by atoms with Gasteiger partial charge in [-0.2, -0.15) is 0 Å². The second-order valence-electron chi connectivity index (χ2n) is 5.20. The summed E-state index contributed by atoms with van der Waals surface area (Å²) in [6, 6.07) is 10.5. The Bertz CT molecular complexity index is 882. The van der Waals surface area contributed by atoms with Crippen LogP contribution in [-0.2, 0) is 9.47 Å². The molecule has 2 N–H and O–H groups in total. The van der Waals surface area contributed by atoms with Gasteiger partial charge in [-0.05, 0) is 48.6 Å². The summed E-state index contributed by atoms with van der Waals surface area (Å²) in [5.41, 5.74) is 0.860. The van der Waals surface area contributed by atoms with Gasteiger partial charge in [0.1, 0.15) is 0 Å². The Kier molecular flexibility index (Phi) is 6.86. The topological polar surface area (TPSA) is 93.7 Å². The van der Waals surface area contributed by atoms with Crippen LogP contribution in [0.2, 0.25) is 5.02 Å². The standard InChI is InChI=1S/C18H15ClN2O5S/c1-25-16(23)11-6-12(17(24)26-2)9-14(8-11)20-18(27)21-15(22)10-4-3-5-13(19)7-10/h3-9H,1-2H3,(H2,20,21,22,27). The minimum atomic E-state index is -0.641. The molecule has 0 saturated carbocycles. The van der Waals surface area contributed by atoms with Gasteiger partial charge in [0.2, 0.25) is 0 Å². The molecule has 0 aromatic heterocycles. The number of esters is 2. The molecule has 0 fully saturated rings. The van der Waals surface area contributed by atoms with Crippen molar-refractivity contribution < 1.29 is 23.9 Å². The van der Waals surface area contributed by atoms with Crippen LogP contribution in [0.25, 0.3) is 0 Å². The third kappa shape index (κ3) is 5.50. The number of halogens is 1. The predicted octanol–water partition coefficient (Wildman–Crippen LogP) is 3.04. The van der Waals surface area contributed by atoms with E-state index in [0.717, 1.165) is 0 Å². The highest BCUT2D eigenvalue weighted by atomic mass is 35.5. The van der Waals surface area contributed by atoms with E-state index in [2.05, 4.69) is 20.1 Å². The van der Waals surface area contributed by atoms with Gasteiger partial charge in [-0.15, -0.1) is 0 Å². The molecule has 2 aromatic carbocycles. The van der Waals surface area contributed by atoms with Crippen molar-refractivity contribution >= 4 is 52.5 Å². The van der Waals surface area contributed by atoms with Crippen molar-refractivity contribution in [3.05, 3.63) is 64.2 Å². The minimum Gasteiger partial charge on any atom is -0.465 e. The molecular weight excluding hydrogens is 392 g/mol. The molecule has 0 aliphatic carbocycles. The maximum Gasteiger partial charge on any atom is 0.337 e. The fourth-order valence-corrected chi connectivity index (χ4v) is 2.54. The van der Waals surface area contributed by atoms with E-state index in [9.17, 15) is 14.4 Å². The number of nitrogens with one attached hydrogen (secondary N) is 2. The average molecular weight is 407 g/mol. The maximum absolute atomic E-state index is 12.2. The zero-order chi connectivity index (χ0) is 20.0. The van der Waals surface area contributed by atoms with Crippen molar-refractivity contribution in [2.75, 3.05) is 19.5 Å². The molecular formula is C18H15ClN2O5S. The Hall–Kier alpha value is -2.97. The summed E-state index contributed by atoms with van der Waals surface area (Å²) in [5.74, 6) is -1.75. The Morgan fingerprint density at radius 3 is 2.04 bits per heavy atom. The summed E-state index contributed by atoms with van der Waals surface area (Å²) in [6.45, 7) is 0. The van der Waals surface area contributed by atoms with E-state index in [-0.39, 0.29) is 16.2 Å². The molecule has 0 unspecified atom stereocenters. The summed E-state index contributed by atoms with van der Waals surface area (Å²) < 4.78 is 9.33. The molecule has 2 aromatic rings. The van der Waals surface area contributed by atoms with Gasteiger partial charge in [-0.1, -0.05) is 17.7 Å². The number of benzene rings is 2. The molecule has 0 radical (unpaired) electrons. The zero-order valence-electron chi connectivity index (χ0n) is 14.4. The average Bonchev–Trinajstić information content (AvgIpc) is 2.66. The van der Waals surface area contributed by atoms with Crippen molar-refractivity contribution in [2.45, 2.75) is 0 Å². The van der Waals surface area contributed by atoms with Crippen LogP contribution in [0.1, 0.15) is 31.1 Å². The van der Waals surface area contributed by atoms with E-state index in [1.165, 1.54) is 38.5 Å². The van der Waals surface area contributed by atoms with Crippen molar-refractivity contribution in [1.82, 2.24) is 5.32 Å². The maximum atomic E-state index is 12.2. The highest BCUT2D eigenvalue weighted by Gasteiger charge is 2.15. The van der Waals surface area contributed by atoms with Gasteiger partial charge in [-0.3, -0.25) is 10.1 Å². The summed E-state index contributed by atoms with van der Waals surface area (Å²) in [6.07, 6.45) is 0. The van der Waals surface area contributed by atoms with E-state index < -0.39 is 17.8 Å². The highest BCUT2D eigenvalue weighted by molar-refractivity contribution is 7.80. The van der Waals surface area contributed by atoms with Crippen LogP contribution in [0, 0.1) is 0 Å². The lowest BCUT2D eigenvalue weighted by atomic mass is 10.1. The molecule has 0 atom stereocenters. The number of carbonyl (C=O) groups is 3. The fourth-order valence-electron chi connectivity index (χ4n) is 2.14. The van der Waals surface area contributed by atoms with Crippen LogP contribution in [0.4, 0.5) is 5.69 Å². The fraction of sp³-hybridized carbons (Fsp3) is 0.111. The third-order valence-corrected chi connectivity index (χ3v) is 3.79. The quantitative estimate of drug-likeness (QED) is 0.595. The Balaban J connectivity index is 2.19. The highest BCUT2D eigenvalue weighted by Crippen LogP contribution is 2.17. The van der Waals surface area contributed by atoms with Crippen LogP contribution in [0.3, 0.4) is 0 Å². The van der Waals surface area contributed by atoms with Gasteiger partial charge in [0.25, 0.3) is 5.91 Å². The van der Waals surface area contributed by atoms with Crippen molar-refractivity contribution in [2.24, 2.45) is 0 Å². The number of hydrogen-bond donors (Lipinski definition) is 2. The lowest BCUT2D eigenvalue weighted by Crippen LogP contribution is -2.34. The molecule has 2 rings (SSSR count). The van der Waals surface area contributed by atoms with Gasteiger partial charge in [0.15, 0.2) is 5.11 Å². The number of anilines is 1. The van der Waals surface area contributed by atoms with Crippen LogP contribution >= 0.6 is 23.8 Å². The number of hydrogen-bond acceptors (Lipinski definition) is 6. The monoisotopic (exact) mass is 406 g/mol. The smallest absolute Gasteiger partial charge is 0.337 e. The molecule has 0 aliphatic heterocycles. The summed E-state index contributed by atoms with van der Waals surface area (Å²) >= 11 is 11.0. The van der Waals surface area contributed by atoms with E-state index in [0.29, 0.717) is 16.3 Å². The third-order valence-electron chi connectivity index (χ3n) is 3.35. The molecule has 7 nitrogen and oxygen atoms in total. The van der Waals surface area contributed by atoms with Gasteiger partial charge >= 0.3 is 11.9 Å². The Morgan fingerprint density at radius 1 is 0.926 bits per heavy atom. The van der Waals surface area contributed by atoms with E-state index in [1.807, 2.05) is 0 Å². The van der Waals surface area contributed by atoms with Gasteiger partial charge in [-0.25, -0.2) is 9.59 Å². The Morgan fingerprint density at radius 2 is 1.52 bits per heavy atom. The van der Waals surface area contributed by atoms with Gasteiger partial charge in [0, 0.05) is 16.3 Å². The molecule has 0 aliphatic rings. The zero-order valence-corrected chi connectivity index (χ0v) is 15.9.